The molecule has 11 heavy (non-hydrogen) atoms. The molecule has 0 spiro atoms. The molecule has 0 aliphatic carbocycles. The molecule has 1 rings (SSSR count). The number of carbonyl (C=O) groups is 1. The fourth-order valence-electron chi connectivity index (χ4n) is 0.753. The molecule has 0 bridgehead atoms. The highest BCUT2D eigenvalue weighted by Crippen LogP contribution is 2.01. The van der Waals surface area contributed by atoms with Crippen molar-refractivity contribution in [2.45, 2.75) is 6.04 Å². The van der Waals surface area contributed by atoms with Gasteiger partial charge < -0.3 is 10.1 Å². The Kier molecular flexibility index (Phi) is 2.15. The Bertz CT molecular complexity index is 243. The van der Waals surface area contributed by atoms with Gasteiger partial charge in [-0.25, -0.2) is 4.79 Å². The second kappa shape index (κ2) is 3.09. The van der Waals surface area contributed by atoms with Gasteiger partial charge in [-0.15, -0.1) is 0 Å². The molecule has 0 aromatic carbocycles. The lowest BCUT2D eigenvalue weighted by Crippen LogP contribution is -2.29. The van der Waals surface area contributed by atoms with E-state index >= 15 is 0 Å². The lowest BCUT2D eigenvalue weighted by atomic mass is 10.1. The summed E-state index contributed by atoms with van der Waals surface area (Å²) in [5.74, 6) is -0.490. The molecule has 0 fully saturated rings. The van der Waals surface area contributed by atoms with Crippen molar-refractivity contribution in [3.8, 4) is 0 Å². The highest BCUT2D eigenvalue weighted by molar-refractivity contribution is 6.14. The molecule has 4 heteroatoms. The Hall–Kier alpha value is -1.45. The Balaban J connectivity index is 2.73. The fraction of sp³-hybridized carbons (Fsp3) is 0.286. The van der Waals surface area contributed by atoms with Gasteiger partial charge in [-0.2, -0.15) is 0 Å². The Labute approximate surface area is 64.1 Å². The van der Waals surface area contributed by atoms with Gasteiger partial charge in [0.05, 0.1) is 12.8 Å². The maximum absolute atomic E-state index is 10.9. The summed E-state index contributed by atoms with van der Waals surface area (Å²) < 4.78 is 4.43. The number of nitrogens with zero attached hydrogens (tertiary/aromatic N) is 1. The second-order valence-corrected chi connectivity index (χ2v) is 2.04. The zero-order valence-corrected chi connectivity index (χ0v) is 6.07. The molecule has 1 atom stereocenters. The number of hydrogen-bond acceptors (Lipinski definition) is 4. The van der Waals surface area contributed by atoms with E-state index in [2.05, 4.69) is 9.73 Å². The minimum absolute atomic E-state index is 0.166. The van der Waals surface area contributed by atoms with Crippen LogP contribution in [0.1, 0.15) is 0 Å². The third-order valence-corrected chi connectivity index (χ3v) is 1.32. The van der Waals surface area contributed by atoms with Gasteiger partial charge in [-0.3, -0.25) is 4.99 Å². The SMILES string of the molecule is COC(=O)C1N=CC=CC1=N. The van der Waals surface area contributed by atoms with Gasteiger partial charge in [-0.05, 0) is 12.2 Å². The van der Waals surface area contributed by atoms with Crippen molar-refractivity contribution < 1.29 is 9.53 Å². The van der Waals surface area contributed by atoms with E-state index in [1.54, 1.807) is 6.08 Å². The van der Waals surface area contributed by atoms with Gasteiger partial charge >= 0.3 is 5.97 Å². The summed E-state index contributed by atoms with van der Waals surface area (Å²) >= 11 is 0. The summed E-state index contributed by atoms with van der Waals surface area (Å²) in [5, 5.41) is 7.28. The smallest absolute Gasteiger partial charge is 0.336 e. The predicted molar refractivity (Wildman–Crippen MR) is 41.2 cm³/mol. The summed E-state index contributed by atoms with van der Waals surface area (Å²) in [7, 11) is 1.28. The normalized spacial score (nSPS) is 21.9. The zero-order valence-electron chi connectivity index (χ0n) is 6.07. The Morgan fingerprint density at radius 3 is 3.09 bits per heavy atom. The van der Waals surface area contributed by atoms with Crippen LogP contribution >= 0.6 is 0 Å². The van der Waals surface area contributed by atoms with Crippen molar-refractivity contribution in [1.29, 1.82) is 5.41 Å². The van der Waals surface area contributed by atoms with Gasteiger partial charge in [0.2, 0.25) is 0 Å². The Morgan fingerprint density at radius 2 is 2.55 bits per heavy atom. The fourth-order valence-corrected chi connectivity index (χ4v) is 0.753. The van der Waals surface area contributed by atoms with Crippen LogP contribution in [-0.4, -0.2) is 31.0 Å². The molecule has 1 unspecified atom stereocenters. The molecular formula is C7H8N2O2. The number of nitrogens with one attached hydrogen (secondary N) is 1. The van der Waals surface area contributed by atoms with Crippen molar-refractivity contribution in [3.05, 3.63) is 12.2 Å². The number of methoxy groups -OCH3 is 1. The molecule has 1 aliphatic heterocycles. The minimum Gasteiger partial charge on any atom is -0.467 e. The van der Waals surface area contributed by atoms with Crippen LogP contribution in [0.3, 0.4) is 0 Å². The standard InChI is InChI=1S/C7H8N2O2/c1-11-7(10)6-5(8)3-2-4-9-6/h2-4,6,8H,1H3. The molecule has 0 amide bonds. The highest BCUT2D eigenvalue weighted by Gasteiger charge is 2.21. The summed E-state index contributed by atoms with van der Waals surface area (Å²) in [6.45, 7) is 0. The monoisotopic (exact) mass is 152 g/mol. The van der Waals surface area contributed by atoms with Crippen molar-refractivity contribution in [2.24, 2.45) is 4.99 Å². The number of dihydropyridines is 1. The van der Waals surface area contributed by atoms with Gasteiger partial charge in [0, 0.05) is 6.21 Å². The maximum atomic E-state index is 10.9. The molecule has 0 aromatic heterocycles. The number of hydrogen-bond donors (Lipinski definition) is 1. The largest absolute Gasteiger partial charge is 0.467 e. The van der Waals surface area contributed by atoms with Crippen LogP contribution in [0.15, 0.2) is 17.1 Å². The third-order valence-electron chi connectivity index (χ3n) is 1.32. The van der Waals surface area contributed by atoms with E-state index in [1.807, 2.05) is 0 Å². The summed E-state index contributed by atoms with van der Waals surface area (Å²) in [4.78, 5) is 14.6. The maximum Gasteiger partial charge on any atom is 0.336 e. The average molecular weight is 152 g/mol. The van der Waals surface area contributed by atoms with Gasteiger partial charge in [0.25, 0.3) is 0 Å². The van der Waals surface area contributed by atoms with Crippen molar-refractivity contribution in [1.82, 2.24) is 0 Å². The second-order valence-electron chi connectivity index (χ2n) is 2.04. The van der Waals surface area contributed by atoms with E-state index in [1.165, 1.54) is 19.4 Å². The van der Waals surface area contributed by atoms with E-state index in [-0.39, 0.29) is 5.71 Å². The van der Waals surface area contributed by atoms with E-state index in [4.69, 9.17) is 5.41 Å². The van der Waals surface area contributed by atoms with Gasteiger partial charge in [-0.1, -0.05) is 0 Å². The number of rotatable bonds is 1. The molecule has 0 saturated carbocycles. The lowest BCUT2D eigenvalue weighted by Gasteiger charge is -2.09. The van der Waals surface area contributed by atoms with Gasteiger partial charge in [0.1, 0.15) is 0 Å². The molecule has 4 nitrogen and oxygen atoms in total. The molecular weight excluding hydrogens is 144 g/mol. The van der Waals surface area contributed by atoms with Crippen LogP contribution in [0.4, 0.5) is 0 Å². The summed E-state index contributed by atoms with van der Waals surface area (Å²) in [6, 6.07) is -0.759. The summed E-state index contributed by atoms with van der Waals surface area (Å²) in [6.07, 6.45) is 4.62. The van der Waals surface area contributed by atoms with E-state index in [0.29, 0.717) is 0 Å². The number of esters is 1. The predicted octanol–water partition coefficient (Wildman–Crippen LogP) is 0.188. The minimum atomic E-state index is -0.759. The zero-order chi connectivity index (χ0) is 8.27. The quantitative estimate of drug-likeness (QED) is 0.545. The third kappa shape index (κ3) is 1.52. The van der Waals surface area contributed by atoms with Crippen LogP contribution in [0.5, 0.6) is 0 Å². The summed E-state index contributed by atoms with van der Waals surface area (Å²) in [5.41, 5.74) is 0.166. The van der Waals surface area contributed by atoms with Gasteiger partial charge in [0.15, 0.2) is 6.04 Å². The molecule has 0 saturated heterocycles. The van der Waals surface area contributed by atoms with Crippen molar-refractivity contribution in [3.63, 3.8) is 0 Å². The molecule has 0 radical (unpaired) electrons. The number of aliphatic imine (C=N–C) groups is 1. The lowest BCUT2D eigenvalue weighted by molar-refractivity contribution is -0.140. The van der Waals surface area contributed by atoms with Crippen molar-refractivity contribution in [2.75, 3.05) is 7.11 Å². The molecule has 1 heterocycles. The first-order valence-electron chi connectivity index (χ1n) is 3.12. The highest BCUT2D eigenvalue weighted by atomic mass is 16.5. The van der Waals surface area contributed by atoms with E-state index in [0.717, 1.165) is 0 Å². The average Bonchev–Trinajstić information content (AvgIpc) is 2.04. The van der Waals surface area contributed by atoms with Crippen LogP contribution in [0, 0.1) is 5.41 Å². The van der Waals surface area contributed by atoms with Crippen LogP contribution in [0.25, 0.3) is 0 Å². The van der Waals surface area contributed by atoms with Crippen LogP contribution < -0.4 is 0 Å². The number of allylic oxidation sites excluding steroid dienone is 1. The van der Waals surface area contributed by atoms with Crippen LogP contribution in [0.2, 0.25) is 0 Å². The molecule has 1 aliphatic rings. The topological polar surface area (TPSA) is 62.5 Å². The molecule has 1 N–H and O–H groups in total. The van der Waals surface area contributed by atoms with Crippen molar-refractivity contribution >= 4 is 17.9 Å². The van der Waals surface area contributed by atoms with E-state index < -0.39 is 12.0 Å². The molecule has 0 aromatic rings. The van der Waals surface area contributed by atoms with Crippen LogP contribution in [-0.2, 0) is 9.53 Å². The first kappa shape index (κ1) is 7.65. The number of carbonyl (C=O) groups excluding carboxylic acids is 1. The first-order valence-corrected chi connectivity index (χ1v) is 3.12. The number of ether oxygens (including phenoxy) is 1. The first-order chi connectivity index (χ1) is 5.25. The Morgan fingerprint density at radius 1 is 1.82 bits per heavy atom. The van der Waals surface area contributed by atoms with E-state index in [9.17, 15) is 4.79 Å². The molecule has 58 valence electrons.